The van der Waals surface area contributed by atoms with Crippen LogP contribution in [0.5, 0.6) is 5.75 Å². The molecule has 0 saturated heterocycles. The van der Waals surface area contributed by atoms with Crippen molar-refractivity contribution < 1.29 is 13.9 Å². The topological polar surface area (TPSA) is 80.9 Å². The summed E-state index contributed by atoms with van der Waals surface area (Å²) in [6, 6.07) is 2.49. The van der Waals surface area contributed by atoms with Crippen molar-refractivity contribution in [3.8, 4) is 5.75 Å². The zero-order valence-electron chi connectivity index (χ0n) is 15.0. The van der Waals surface area contributed by atoms with Crippen LogP contribution in [0, 0.1) is 0 Å². The first-order chi connectivity index (χ1) is 11.8. The van der Waals surface area contributed by atoms with Gasteiger partial charge >= 0.3 is 5.63 Å². The van der Waals surface area contributed by atoms with Gasteiger partial charge in [-0.2, -0.15) is 0 Å². The first kappa shape index (κ1) is 19.3. The molecular formula is C18H24N2O4S. The van der Waals surface area contributed by atoms with E-state index in [0.29, 0.717) is 23.7 Å². The van der Waals surface area contributed by atoms with E-state index in [-0.39, 0.29) is 5.91 Å². The van der Waals surface area contributed by atoms with Crippen molar-refractivity contribution in [3.05, 3.63) is 40.5 Å². The third-order valence-corrected chi connectivity index (χ3v) is 5.34. The average molecular weight is 364 g/mol. The van der Waals surface area contributed by atoms with Crippen LogP contribution in [0.1, 0.15) is 45.4 Å². The fraction of sp³-hybridized carbons (Fsp3) is 0.500. The summed E-state index contributed by atoms with van der Waals surface area (Å²) in [6.07, 6.45) is 1.46. The number of rotatable bonds is 7. The Kier molecular flexibility index (Phi) is 6.11. The number of amides is 1. The molecule has 1 aliphatic rings. The second-order valence-electron chi connectivity index (χ2n) is 6.29. The Bertz CT molecular complexity index is 756. The standard InChI is InChI=1S/C18H24N2O4S/c1-6-7-13(14-8-12(23-5)9-15(21)24-14)19-17(22)18(4)10-25-16(20-18)11(2)3/h8-9,13H,2,6-7,10H2,1,3-5H3,(H,19,22)/t13-,18+/m1/s1. The molecule has 0 saturated carbocycles. The molecule has 0 fully saturated rings. The quantitative estimate of drug-likeness (QED) is 0.804. The number of methoxy groups -OCH3 is 1. The molecule has 7 heteroatoms. The van der Waals surface area contributed by atoms with Crippen molar-refractivity contribution >= 4 is 22.7 Å². The molecule has 2 rings (SSSR count). The molecule has 1 amide bonds. The molecule has 0 spiro atoms. The summed E-state index contributed by atoms with van der Waals surface area (Å²) in [4.78, 5) is 29.1. The maximum absolute atomic E-state index is 12.8. The second-order valence-corrected chi connectivity index (χ2v) is 7.26. The van der Waals surface area contributed by atoms with Gasteiger partial charge in [0.15, 0.2) is 0 Å². The largest absolute Gasteiger partial charge is 0.496 e. The van der Waals surface area contributed by atoms with Crippen LogP contribution in [0.3, 0.4) is 0 Å². The predicted molar refractivity (Wildman–Crippen MR) is 100 cm³/mol. The Morgan fingerprint density at radius 2 is 2.28 bits per heavy atom. The van der Waals surface area contributed by atoms with E-state index >= 15 is 0 Å². The summed E-state index contributed by atoms with van der Waals surface area (Å²) in [6.45, 7) is 9.56. The van der Waals surface area contributed by atoms with Gasteiger partial charge in [0.25, 0.3) is 0 Å². The highest BCUT2D eigenvalue weighted by atomic mass is 32.2. The van der Waals surface area contributed by atoms with Crippen molar-refractivity contribution in [1.82, 2.24) is 5.32 Å². The van der Waals surface area contributed by atoms with Crippen molar-refractivity contribution in [3.63, 3.8) is 0 Å². The summed E-state index contributed by atoms with van der Waals surface area (Å²) in [7, 11) is 1.48. The molecule has 136 valence electrons. The van der Waals surface area contributed by atoms with Crippen LogP contribution < -0.4 is 15.7 Å². The second kappa shape index (κ2) is 7.91. The molecule has 0 unspecified atom stereocenters. The highest BCUT2D eigenvalue weighted by molar-refractivity contribution is 8.14. The van der Waals surface area contributed by atoms with Gasteiger partial charge in [-0.3, -0.25) is 9.79 Å². The van der Waals surface area contributed by atoms with Crippen LogP contribution in [0.2, 0.25) is 0 Å². The average Bonchev–Trinajstić information content (AvgIpc) is 2.98. The highest BCUT2D eigenvalue weighted by Gasteiger charge is 2.39. The third kappa shape index (κ3) is 4.54. The van der Waals surface area contributed by atoms with Crippen LogP contribution >= 0.6 is 11.8 Å². The minimum atomic E-state index is -0.857. The SMILES string of the molecule is C=C(C)C1=N[C@](C)(C(=O)N[C@H](CCC)c2cc(OC)cc(=O)o2)CS1. The Morgan fingerprint density at radius 3 is 2.84 bits per heavy atom. The molecule has 6 nitrogen and oxygen atoms in total. The van der Waals surface area contributed by atoms with Gasteiger partial charge in [-0.05, 0) is 25.8 Å². The van der Waals surface area contributed by atoms with Gasteiger partial charge in [0.05, 0.1) is 24.3 Å². The normalized spacial score (nSPS) is 20.7. The van der Waals surface area contributed by atoms with Crippen LogP contribution in [-0.4, -0.2) is 29.4 Å². The van der Waals surface area contributed by atoms with Gasteiger partial charge in [-0.15, -0.1) is 11.8 Å². The monoisotopic (exact) mass is 364 g/mol. The minimum absolute atomic E-state index is 0.194. The van der Waals surface area contributed by atoms with Crippen LogP contribution in [0.25, 0.3) is 0 Å². The van der Waals surface area contributed by atoms with Crippen LogP contribution in [-0.2, 0) is 4.79 Å². The number of nitrogens with one attached hydrogen (secondary N) is 1. The number of aliphatic imine (C=N–C) groups is 1. The van der Waals surface area contributed by atoms with Crippen LogP contribution in [0.15, 0.2) is 38.5 Å². The number of carbonyl (C=O) groups excluding carboxylic acids is 1. The Morgan fingerprint density at radius 1 is 1.56 bits per heavy atom. The zero-order valence-corrected chi connectivity index (χ0v) is 15.9. The molecular weight excluding hydrogens is 340 g/mol. The van der Waals surface area contributed by atoms with Gasteiger partial charge < -0.3 is 14.5 Å². The van der Waals surface area contributed by atoms with E-state index in [0.717, 1.165) is 17.0 Å². The number of ether oxygens (including phenoxy) is 1. The van der Waals surface area contributed by atoms with Crippen molar-refractivity contribution in [2.75, 3.05) is 12.9 Å². The number of hydrogen-bond donors (Lipinski definition) is 1. The van der Waals surface area contributed by atoms with E-state index in [1.54, 1.807) is 13.0 Å². The molecule has 0 aromatic carbocycles. The smallest absolute Gasteiger partial charge is 0.339 e. The molecule has 0 aliphatic carbocycles. The molecule has 2 heterocycles. The lowest BCUT2D eigenvalue weighted by molar-refractivity contribution is -0.125. The molecule has 2 atom stereocenters. The fourth-order valence-electron chi connectivity index (χ4n) is 2.48. The lowest BCUT2D eigenvalue weighted by Gasteiger charge is -2.24. The summed E-state index contributed by atoms with van der Waals surface area (Å²) in [5.74, 6) is 1.16. The van der Waals surface area contributed by atoms with E-state index in [9.17, 15) is 9.59 Å². The summed E-state index contributed by atoms with van der Waals surface area (Å²) in [5.41, 5.74) is -0.509. The lowest BCUT2D eigenvalue weighted by atomic mass is 10.0. The number of nitrogens with zero attached hydrogens (tertiary/aromatic N) is 1. The Balaban J connectivity index is 2.25. The van der Waals surface area contributed by atoms with E-state index in [4.69, 9.17) is 9.15 Å². The minimum Gasteiger partial charge on any atom is -0.496 e. The zero-order chi connectivity index (χ0) is 18.6. The van der Waals surface area contributed by atoms with Gasteiger partial charge in [-0.1, -0.05) is 19.9 Å². The summed E-state index contributed by atoms with van der Waals surface area (Å²) >= 11 is 1.53. The summed E-state index contributed by atoms with van der Waals surface area (Å²) < 4.78 is 10.4. The van der Waals surface area contributed by atoms with Gasteiger partial charge in [0.2, 0.25) is 5.91 Å². The molecule has 1 N–H and O–H groups in total. The van der Waals surface area contributed by atoms with Crippen molar-refractivity contribution in [2.45, 2.75) is 45.2 Å². The predicted octanol–water partition coefficient (Wildman–Crippen LogP) is 3.09. The number of hydrogen-bond acceptors (Lipinski definition) is 6. The summed E-state index contributed by atoms with van der Waals surface area (Å²) in [5, 5.41) is 3.78. The van der Waals surface area contributed by atoms with E-state index in [1.165, 1.54) is 24.9 Å². The molecule has 0 bridgehead atoms. The van der Waals surface area contributed by atoms with Crippen molar-refractivity contribution in [1.29, 1.82) is 0 Å². The number of thioether (sulfide) groups is 1. The van der Waals surface area contributed by atoms with Gasteiger partial charge in [0.1, 0.15) is 17.0 Å². The molecule has 1 aliphatic heterocycles. The maximum Gasteiger partial charge on any atom is 0.339 e. The van der Waals surface area contributed by atoms with E-state index in [1.807, 2.05) is 13.8 Å². The van der Waals surface area contributed by atoms with Gasteiger partial charge in [-0.25, -0.2) is 4.79 Å². The van der Waals surface area contributed by atoms with E-state index < -0.39 is 17.2 Å². The lowest BCUT2D eigenvalue weighted by Crippen LogP contribution is -2.45. The van der Waals surface area contributed by atoms with Crippen molar-refractivity contribution in [2.24, 2.45) is 4.99 Å². The first-order valence-electron chi connectivity index (χ1n) is 8.17. The first-order valence-corrected chi connectivity index (χ1v) is 9.16. The highest BCUT2D eigenvalue weighted by Crippen LogP contribution is 2.31. The Hall–Kier alpha value is -2.02. The molecule has 1 aromatic rings. The Labute approximate surface area is 151 Å². The molecule has 1 aromatic heterocycles. The molecule has 0 radical (unpaired) electrons. The third-order valence-electron chi connectivity index (χ3n) is 3.92. The van der Waals surface area contributed by atoms with Crippen LogP contribution in [0.4, 0.5) is 0 Å². The van der Waals surface area contributed by atoms with E-state index in [2.05, 4.69) is 16.9 Å². The molecule has 25 heavy (non-hydrogen) atoms. The van der Waals surface area contributed by atoms with Gasteiger partial charge in [0, 0.05) is 11.8 Å². The maximum atomic E-state index is 12.8. The number of carbonyl (C=O) groups is 1. The fourth-order valence-corrected chi connectivity index (χ4v) is 3.61.